The van der Waals surface area contributed by atoms with Gasteiger partial charge in [0.15, 0.2) is 0 Å². The number of carbonyl (C=O) groups excluding carboxylic acids is 4. The highest BCUT2D eigenvalue weighted by molar-refractivity contribution is 5.88. The van der Waals surface area contributed by atoms with Crippen LogP contribution in [0.5, 0.6) is 0 Å². The topological polar surface area (TPSA) is 114 Å². The molecule has 0 aromatic carbocycles. The van der Waals surface area contributed by atoms with Gasteiger partial charge in [0.05, 0.1) is 6.04 Å². The molecule has 1 aliphatic carbocycles. The normalized spacial score (nSPS) is 25.0. The Bertz CT molecular complexity index is 631. The fourth-order valence-corrected chi connectivity index (χ4v) is 4.67. The minimum atomic E-state index is -0.789. The second kappa shape index (κ2) is 13.4. The van der Waals surface area contributed by atoms with Gasteiger partial charge >= 0.3 is 6.09 Å². The van der Waals surface area contributed by atoms with Crippen LogP contribution in [0.25, 0.3) is 0 Å². The maximum atomic E-state index is 12.8. The van der Waals surface area contributed by atoms with E-state index in [-0.39, 0.29) is 30.3 Å². The van der Waals surface area contributed by atoms with Gasteiger partial charge in [-0.05, 0) is 56.8 Å². The highest BCUT2D eigenvalue weighted by Gasteiger charge is 2.31. The third kappa shape index (κ3) is 8.79. The number of hydrogen-bond acceptors (Lipinski definition) is 5. The molecule has 32 heavy (non-hydrogen) atoms. The predicted molar refractivity (Wildman–Crippen MR) is 122 cm³/mol. The predicted octanol–water partition coefficient (Wildman–Crippen LogP) is 3.09. The van der Waals surface area contributed by atoms with Crippen molar-refractivity contribution in [2.45, 2.75) is 103 Å². The first kappa shape index (κ1) is 26.1. The highest BCUT2D eigenvalue weighted by atomic mass is 16.6. The first-order valence-electron chi connectivity index (χ1n) is 12.3. The van der Waals surface area contributed by atoms with Crippen LogP contribution in [0.1, 0.15) is 85.0 Å². The van der Waals surface area contributed by atoms with Crippen molar-refractivity contribution < 1.29 is 23.9 Å². The highest BCUT2D eigenvalue weighted by Crippen LogP contribution is 2.29. The van der Waals surface area contributed by atoms with E-state index in [9.17, 15) is 19.2 Å². The number of ether oxygens (including phenoxy) is 1. The Morgan fingerprint density at radius 1 is 1.16 bits per heavy atom. The Morgan fingerprint density at radius 2 is 1.88 bits per heavy atom. The summed E-state index contributed by atoms with van der Waals surface area (Å²) in [6.07, 6.45) is 8.87. The van der Waals surface area contributed by atoms with E-state index in [2.05, 4.69) is 22.9 Å². The molecule has 0 spiro atoms. The average Bonchev–Trinajstić information content (AvgIpc) is 3.16. The van der Waals surface area contributed by atoms with Crippen LogP contribution in [-0.2, 0) is 19.1 Å². The summed E-state index contributed by atoms with van der Waals surface area (Å²) in [7, 11) is 0. The molecule has 3 unspecified atom stereocenters. The second-order valence-electron chi connectivity index (χ2n) is 9.78. The zero-order chi connectivity index (χ0) is 23.5. The van der Waals surface area contributed by atoms with Gasteiger partial charge in [-0.15, -0.1) is 0 Å². The lowest BCUT2D eigenvalue weighted by Gasteiger charge is -2.29. The summed E-state index contributed by atoms with van der Waals surface area (Å²) in [5, 5.41) is 8.14. The van der Waals surface area contributed by atoms with Crippen molar-refractivity contribution in [2.75, 3.05) is 6.54 Å². The first-order chi connectivity index (χ1) is 15.3. The molecular formula is C24H41N3O5. The fourth-order valence-electron chi connectivity index (χ4n) is 4.67. The van der Waals surface area contributed by atoms with Crippen LogP contribution in [0.4, 0.5) is 4.79 Å². The summed E-state index contributed by atoms with van der Waals surface area (Å²) < 4.78 is 5.61. The van der Waals surface area contributed by atoms with Gasteiger partial charge in [0.25, 0.3) is 0 Å². The Labute approximate surface area is 192 Å². The van der Waals surface area contributed by atoms with Gasteiger partial charge in [-0.3, -0.25) is 9.59 Å². The lowest BCUT2D eigenvalue weighted by molar-refractivity contribution is -0.127. The molecule has 3 atom stereocenters. The summed E-state index contributed by atoms with van der Waals surface area (Å²) in [6.45, 7) is 6.72. The maximum absolute atomic E-state index is 12.8. The van der Waals surface area contributed by atoms with Crippen molar-refractivity contribution >= 4 is 24.2 Å². The zero-order valence-corrected chi connectivity index (χ0v) is 19.9. The number of nitrogens with one attached hydrogen (secondary N) is 3. The zero-order valence-electron chi connectivity index (χ0n) is 19.9. The van der Waals surface area contributed by atoms with Crippen molar-refractivity contribution in [2.24, 2.45) is 17.8 Å². The average molecular weight is 452 g/mol. The summed E-state index contributed by atoms with van der Waals surface area (Å²) in [4.78, 5) is 48.6. The van der Waals surface area contributed by atoms with Crippen LogP contribution in [0.15, 0.2) is 0 Å². The molecule has 0 radical (unpaired) electrons. The van der Waals surface area contributed by atoms with Crippen molar-refractivity contribution in [1.29, 1.82) is 0 Å². The lowest BCUT2D eigenvalue weighted by atomic mass is 9.84. The van der Waals surface area contributed by atoms with Crippen LogP contribution in [0.3, 0.4) is 0 Å². The van der Waals surface area contributed by atoms with E-state index in [1.807, 2.05) is 13.8 Å². The number of alkyl carbamates (subject to hydrolysis) is 1. The minimum absolute atomic E-state index is 0.0871. The molecule has 2 fully saturated rings. The SMILES string of the molecule is CCCCC1CCC(OC(=O)NC(CC(C)C)C(=O)NC(C=O)CC2CCNC2=O)CC1. The fraction of sp³-hybridized carbons (Fsp3) is 0.833. The van der Waals surface area contributed by atoms with Crippen LogP contribution in [0, 0.1) is 17.8 Å². The number of rotatable bonds is 12. The van der Waals surface area contributed by atoms with Crippen LogP contribution in [-0.4, -0.2) is 48.9 Å². The molecule has 3 amide bonds. The number of carbonyl (C=O) groups is 4. The van der Waals surface area contributed by atoms with E-state index < -0.39 is 24.1 Å². The molecule has 1 saturated heterocycles. The molecule has 8 nitrogen and oxygen atoms in total. The van der Waals surface area contributed by atoms with Crippen molar-refractivity contribution in [3.63, 3.8) is 0 Å². The number of unbranched alkanes of at least 4 members (excludes halogenated alkanes) is 1. The summed E-state index contributed by atoms with van der Waals surface area (Å²) in [6, 6.07) is -1.55. The van der Waals surface area contributed by atoms with Crippen molar-refractivity contribution in [1.82, 2.24) is 16.0 Å². The number of amides is 3. The van der Waals surface area contributed by atoms with Crippen molar-refractivity contribution in [3.8, 4) is 0 Å². The molecule has 8 heteroatoms. The number of hydrogen-bond donors (Lipinski definition) is 3. The monoisotopic (exact) mass is 451 g/mol. The molecule has 1 saturated carbocycles. The number of aldehydes is 1. The van der Waals surface area contributed by atoms with E-state index >= 15 is 0 Å². The summed E-state index contributed by atoms with van der Waals surface area (Å²) >= 11 is 0. The van der Waals surface area contributed by atoms with E-state index in [1.165, 1.54) is 19.3 Å². The van der Waals surface area contributed by atoms with Gasteiger partial charge < -0.3 is 25.5 Å². The molecule has 0 aromatic heterocycles. The second-order valence-corrected chi connectivity index (χ2v) is 9.78. The molecule has 3 N–H and O–H groups in total. The van der Waals surface area contributed by atoms with Crippen molar-refractivity contribution in [3.05, 3.63) is 0 Å². The van der Waals surface area contributed by atoms with Gasteiger partial charge in [-0.2, -0.15) is 0 Å². The van der Waals surface area contributed by atoms with Crippen LogP contribution >= 0.6 is 0 Å². The molecule has 0 aromatic rings. The van der Waals surface area contributed by atoms with E-state index in [1.54, 1.807) is 0 Å². The Hall–Kier alpha value is -2.12. The molecule has 2 rings (SSSR count). The van der Waals surface area contributed by atoms with Gasteiger partial charge in [-0.25, -0.2) is 4.79 Å². The van der Waals surface area contributed by atoms with E-state index in [0.717, 1.165) is 31.6 Å². The smallest absolute Gasteiger partial charge is 0.408 e. The Morgan fingerprint density at radius 3 is 2.44 bits per heavy atom. The minimum Gasteiger partial charge on any atom is -0.446 e. The van der Waals surface area contributed by atoms with E-state index in [4.69, 9.17) is 4.74 Å². The molecule has 182 valence electrons. The molecule has 0 bridgehead atoms. The molecule has 2 aliphatic rings. The Kier molecular flexibility index (Phi) is 11.0. The summed E-state index contributed by atoms with van der Waals surface area (Å²) in [5.41, 5.74) is 0. The third-order valence-corrected chi connectivity index (χ3v) is 6.54. The largest absolute Gasteiger partial charge is 0.446 e. The van der Waals surface area contributed by atoms with Gasteiger partial charge in [0.2, 0.25) is 11.8 Å². The van der Waals surface area contributed by atoms with E-state index in [0.29, 0.717) is 25.7 Å². The van der Waals surface area contributed by atoms with Crippen LogP contribution in [0.2, 0.25) is 0 Å². The van der Waals surface area contributed by atoms with Gasteiger partial charge in [0.1, 0.15) is 18.4 Å². The van der Waals surface area contributed by atoms with Gasteiger partial charge in [0, 0.05) is 12.5 Å². The van der Waals surface area contributed by atoms with Gasteiger partial charge in [-0.1, -0.05) is 40.0 Å². The molecule has 1 aliphatic heterocycles. The standard InChI is InChI=1S/C24H41N3O5/c1-4-5-6-17-7-9-20(10-8-17)32-24(31)27-21(13-16(2)3)23(30)26-19(15-28)14-18-11-12-25-22(18)29/h15-21H,4-14H2,1-3H3,(H,25,29)(H,26,30)(H,27,31). The first-order valence-corrected chi connectivity index (χ1v) is 12.3. The Balaban J connectivity index is 1.84. The quantitative estimate of drug-likeness (QED) is 0.395. The lowest BCUT2D eigenvalue weighted by Crippen LogP contribution is -2.51. The third-order valence-electron chi connectivity index (χ3n) is 6.54. The maximum Gasteiger partial charge on any atom is 0.408 e. The molecular weight excluding hydrogens is 410 g/mol. The molecule has 1 heterocycles. The van der Waals surface area contributed by atoms with Crippen LogP contribution < -0.4 is 16.0 Å². The summed E-state index contributed by atoms with van der Waals surface area (Å²) in [5.74, 6) is 0.0969.